The van der Waals surface area contributed by atoms with Crippen LogP contribution in [-0.4, -0.2) is 49.5 Å². The van der Waals surface area contributed by atoms with Crippen LogP contribution in [0.2, 0.25) is 0 Å². The van der Waals surface area contributed by atoms with Crippen molar-refractivity contribution in [2.24, 2.45) is 0 Å². The summed E-state index contributed by atoms with van der Waals surface area (Å²) in [4.78, 5) is 2.56. The van der Waals surface area contributed by atoms with Crippen LogP contribution in [0, 0.1) is 0 Å². The van der Waals surface area contributed by atoms with Gasteiger partial charge in [0, 0.05) is 25.2 Å². The number of ether oxygens (including phenoxy) is 3. The van der Waals surface area contributed by atoms with E-state index in [1.807, 2.05) is 24.3 Å². The second-order valence-electron chi connectivity index (χ2n) is 7.00. The number of nitrogens with zero attached hydrogens (tertiary/aromatic N) is 1. The third kappa shape index (κ3) is 4.39. The van der Waals surface area contributed by atoms with E-state index in [-0.39, 0.29) is 0 Å². The van der Waals surface area contributed by atoms with Gasteiger partial charge in [0.15, 0.2) is 0 Å². The van der Waals surface area contributed by atoms with Crippen molar-refractivity contribution < 1.29 is 14.2 Å². The number of hydrogen-bond donors (Lipinski definition) is 0. The van der Waals surface area contributed by atoms with Crippen molar-refractivity contribution in [2.75, 3.05) is 20.2 Å². The van der Waals surface area contributed by atoms with Crippen LogP contribution in [0.5, 0.6) is 11.5 Å². The Morgan fingerprint density at radius 1 is 1.09 bits per heavy atom. The van der Waals surface area contributed by atoms with Gasteiger partial charge < -0.3 is 14.2 Å². The van der Waals surface area contributed by atoms with E-state index in [0.717, 1.165) is 24.6 Å². The summed E-state index contributed by atoms with van der Waals surface area (Å²) in [7, 11) is 1.68. The molecule has 2 aliphatic rings. The highest BCUT2D eigenvalue weighted by Crippen LogP contribution is 2.30. The highest BCUT2D eigenvalue weighted by molar-refractivity contribution is 5.33. The van der Waals surface area contributed by atoms with Gasteiger partial charge in [-0.3, -0.25) is 4.90 Å². The molecule has 1 aliphatic heterocycles. The van der Waals surface area contributed by atoms with Gasteiger partial charge in [-0.25, -0.2) is 0 Å². The molecule has 0 amide bonds. The number of benzene rings is 1. The van der Waals surface area contributed by atoms with Gasteiger partial charge in [-0.2, -0.15) is 0 Å². The van der Waals surface area contributed by atoms with Gasteiger partial charge in [0.2, 0.25) is 0 Å². The molecule has 1 heterocycles. The first-order valence-electron chi connectivity index (χ1n) is 8.84. The number of likely N-dealkylation sites (tertiary alicyclic amines) is 1. The molecule has 0 bridgehead atoms. The molecule has 3 rings (SSSR count). The lowest BCUT2D eigenvalue weighted by molar-refractivity contribution is -0.0658. The summed E-state index contributed by atoms with van der Waals surface area (Å²) in [6.45, 7) is 6.31. The molecule has 23 heavy (non-hydrogen) atoms. The molecule has 0 aromatic heterocycles. The van der Waals surface area contributed by atoms with Crippen LogP contribution in [0.15, 0.2) is 24.3 Å². The first-order valence-corrected chi connectivity index (χ1v) is 8.84. The standard InChI is InChI=1S/C19H29NO3/c1-14(2)22-17-8-4-6-15(10-17)20-12-19(13-20)23-18-9-5-7-16(11-18)21-3/h5,7,9,11,14-15,17,19H,4,6,8,10,12-13H2,1-3H3. The monoisotopic (exact) mass is 319 g/mol. The van der Waals surface area contributed by atoms with E-state index in [9.17, 15) is 0 Å². The Labute approximate surface area is 139 Å². The van der Waals surface area contributed by atoms with Gasteiger partial charge in [0.25, 0.3) is 0 Å². The first kappa shape index (κ1) is 16.6. The molecule has 0 spiro atoms. The van der Waals surface area contributed by atoms with Crippen LogP contribution in [0.4, 0.5) is 0 Å². The van der Waals surface area contributed by atoms with Crippen molar-refractivity contribution in [3.05, 3.63) is 24.3 Å². The number of rotatable bonds is 6. The molecule has 4 nitrogen and oxygen atoms in total. The third-order valence-corrected chi connectivity index (χ3v) is 4.80. The zero-order chi connectivity index (χ0) is 16.2. The molecular weight excluding hydrogens is 290 g/mol. The van der Waals surface area contributed by atoms with Gasteiger partial charge in [0.05, 0.1) is 19.3 Å². The van der Waals surface area contributed by atoms with Crippen LogP contribution in [0.25, 0.3) is 0 Å². The van der Waals surface area contributed by atoms with E-state index >= 15 is 0 Å². The second-order valence-corrected chi connectivity index (χ2v) is 7.00. The number of hydrogen-bond acceptors (Lipinski definition) is 4. The highest BCUT2D eigenvalue weighted by atomic mass is 16.5. The quantitative estimate of drug-likeness (QED) is 0.803. The summed E-state index contributed by atoms with van der Waals surface area (Å²) in [5.41, 5.74) is 0. The zero-order valence-electron chi connectivity index (χ0n) is 14.5. The molecule has 2 unspecified atom stereocenters. The largest absolute Gasteiger partial charge is 0.497 e. The van der Waals surface area contributed by atoms with Crippen molar-refractivity contribution in [2.45, 2.75) is 63.9 Å². The van der Waals surface area contributed by atoms with Crippen molar-refractivity contribution in [1.29, 1.82) is 0 Å². The lowest BCUT2D eigenvalue weighted by Gasteiger charge is -2.46. The van der Waals surface area contributed by atoms with E-state index in [0.29, 0.717) is 24.4 Å². The summed E-state index contributed by atoms with van der Waals surface area (Å²) < 4.78 is 17.3. The van der Waals surface area contributed by atoms with Crippen LogP contribution in [0.3, 0.4) is 0 Å². The molecular formula is C19H29NO3. The van der Waals surface area contributed by atoms with E-state index in [1.54, 1.807) is 7.11 Å². The minimum absolute atomic E-state index is 0.300. The highest BCUT2D eigenvalue weighted by Gasteiger charge is 2.36. The zero-order valence-corrected chi connectivity index (χ0v) is 14.5. The molecule has 1 aromatic rings. The van der Waals surface area contributed by atoms with Gasteiger partial charge in [-0.15, -0.1) is 0 Å². The molecule has 2 fully saturated rings. The molecule has 1 saturated carbocycles. The van der Waals surface area contributed by atoms with Gasteiger partial charge in [-0.1, -0.05) is 6.07 Å². The Morgan fingerprint density at radius 3 is 2.61 bits per heavy atom. The molecule has 2 atom stereocenters. The molecule has 1 saturated heterocycles. The fourth-order valence-corrected chi connectivity index (χ4v) is 3.67. The topological polar surface area (TPSA) is 30.9 Å². The molecule has 1 aliphatic carbocycles. The normalized spacial score (nSPS) is 26.1. The Balaban J connectivity index is 1.45. The average molecular weight is 319 g/mol. The fraction of sp³-hybridized carbons (Fsp3) is 0.684. The predicted molar refractivity (Wildman–Crippen MR) is 91.2 cm³/mol. The van der Waals surface area contributed by atoms with Crippen molar-refractivity contribution in [3.63, 3.8) is 0 Å². The van der Waals surface area contributed by atoms with Crippen molar-refractivity contribution in [3.8, 4) is 11.5 Å². The second kappa shape index (κ2) is 7.54. The molecule has 128 valence electrons. The Bertz CT molecular complexity index is 499. The van der Waals surface area contributed by atoms with Gasteiger partial charge in [0.1, 0.15) is 17.6 Å². The Kier molecular flexibility index (Phi) is 5.44. The lowest BCUT2D eigenvalue weighted by atomic mass is 9.89. The minimum Gasteiger partial charge on any atom is -0.497 e. The summed E-state index contributed by atoms with van der Waals surface area (Å²) in [6, 6.07) is 8.53. The van der Waals surface area contributed by atoms with Crippen molar-refractivity contribution in [1.82, 2.24) is 4.90 Å². The minimum atomic E-state index is 0.300. The maximum atomic E-state index is 6.05. The summed E-state index contributed by atoms with van der Waals surface area (Å²) >= 11 is 0. The van der Waals surface area contributed by atoms with E-state index in [1.165, 1.54) is 25.7 Å². The molecule has 4 heteroatoms. The SMILES string of the molecule is COc1cccc(OC2CN(C3CCCC(OC(C)C)C3)C2)c1. The van der Waals surface area contributed by atoms with Crippen molar-refractivity contribution >= 4 is 0 Å². The Hall–Kier alpha value is -1.26. The van der Waals surface area contributed by atoms with E-state index < -0.39 is 0 Å². The maximum Gasteiger partial charge on any atom is 0.124 e. The van der Waals surface area contributed by atoms with Crippen LogP contribution in [0.1, 0.15) is 39.5 Å². The summed E-state index contributed by atoms with van der Waals surface area (Å²) in [6.07, 6.45) is 6.03. The smallest absolute Gasteiger partial charge is 0.124 e. The predicted octanol–water partition coefficient (Wildman–Crippen LogP) is 3.49. The molecule has 0 N–H and O–H groups in total. The average Bonchev–Trinajstić information content (AvgIpc) is 2.50. The fourth-order valence-electron chi connectivity index (χ4n) is 3.67. The molecule has 0 radical (unpaired) electrons. The Morgan fingerprint density at radius 2 is 1.87 bits per heavy atom. The van der Waals surface area contributed by atoms with E-state index in [4.69, 9.17) is 14.2 Å². The van der Waals surface area contributed by atoms with Gasteiger partial charge in [-0.05, 0) is 51.7 Å². The van der Waals surface area contributed by atoms with Crippen LogP contribution >= 0.6 is 0 Å². The lowest BCUT2D eigenvalue weighted by Crippen LogP contribution is -2.59. The summed E-state index contributed by atoms with van der Waals surface area (Å²) in [5.74, 6) is 1.75. The van der Waals surface area contributed by atoms with Crippen LogP contribution in [-0.2, 0) is 4.74 Å². The van der Waals surface area contributed by atoms with Crippen LogP contribution < -0.4 is 9.47 Å². The first-order chi connectivity index (χ1) is 11.1. The molecule has 1 aromatic carbocycles. The maximum absolute atomic E-state index is 6.05. The third-order valence-electron chi connectivity index (χ3n) is 4.80. The number of methoxy groups -OCH3 is 1. The van der Waals surface area contributed by atoms with Gasteiger partial charge >= 0.3 is 0 Å². The summed E-state index contributed by atoms with van der Waals surface area (Å²) in [5, 5.41) is 0. The van der Waals surface area contributed by atoms with E-state index in [2.05, 4.69) is 18.7 Å².